The van der Waals surface area contributed by atoms with Crippen molar-refractivity contribution < 1.29 is 22.4 Å². The van der Waals surface area contributed by atoms with Gasteiger partial charge in [-0.05, 0) is 55.0 Å². The van der Waals surface area contributed by atoms with Gasteiger partial charge in [0.05, 0.1) is 17.1 Å². The van der Waals surface area contributed by atoms with Crippen LogP contribution in [0.15, 0.2) is 71.6 Å². The van der Waals surface area contributed by atoms with Gasteiger partial charge in [-0.1, -0.05) is 53.0 Å². The summed E-state index contributed by atoms with van der Waals surface area (Å²) in [6, 6.07) is 14.6. The second kappa shape index (κ2) is 9.46. The first-order valence-corrected chi connectivity index (χ1v) is 12.4. The van der Waals surface area contributed by atoms with Gasteiger partial charge in [-0.15, -0.1) is 0 Å². The number of halogens is 3. The second-order valence-corrected chi connectivity index (χ2v) is 10.6. The van der Waals surface area contributed by atoms with E-state index in [1.54, 1.807) is 12.1 Å². The molecule has 1 aliphatic heterocycles. The maximum atomic E-state index is 13.8. The van der Waals surface area contributed by atoms with E-state index >= 15 is 0 Å². The minimum Gasteiger partial charge on any atom is -0.274 e. The van der Waals surface area contributed by atoms with Crippen LogP contribution in [0.3, 0.4) is 0 Å². The molecule has 0 bridgehead atoms. The molecule has 1 aliphatic rings. The largest absolute Gasteiger partial charge is 0.274 e. The zero-order valence-corrected chi connectivity index (χ0v) is 20.2. The van der Waals surface area contributed by atoms with E-state index in [-0.39, 0.29) is 33.6 Å². The Morgan fingerprint density at radius 2 is 1.65 bits per heavy atom. The molecule has 6 nitrogen and oxygen atoms in total. The van der Waals surface area contributed by atoms with Crippen molar-refractivity contribution in [3.63, 3.8) is 0 Å². The minimum atomic E-state index is -4.36. The first kappa shape index (κ1) is 24.3. The van der Waals surface area contributed by atoms with E-state index in [9.17, 15) is 22.4 Å². The lowest BCUT2D eigenvalue weighted by Gasteiger charge is -2.27. The molecule has 4 rings (SSSR count). The molecule has 1 saturated heterocycles. The first-order chi connectivity index (χ1) is 16.1. The molecule has 0 saturated carbocycles. The lowest BCUT2D eigenvalue weighted by molar-refractivity contribution is -0.122. The topological polar surface area (TPSA) is 74.8 Å². The lowest BCUT2D eigenvalue weighted by atomic mass is 10.1. The van der Waals surface area contributed by atoms with E-state index < -0.39 is 33.7 Å². The molecule has 0 aliphatic carbocycles. The average Bonchev–Trinajstić information content (AvgIpc) is 3.09. The van der Waals surface area contributed by atoms with Gasteiger partial charge in [-0.3, -0.25) is 9.59 Å². The second-order valence-electron chi connectivity index (χ2n) is 7.87. The third kappa shape index (κ3) is 4.72. The van der Waals surface area contributed by atoms with Crippen LogP contribution in [0.4, 0.5) is 10.1 Å². The zero-order valence-electron chi connectivity index (χ0n) is 17.9. The van der Waals surface area contributed by atoms with Gasteiger partial charge < -0.3 is 0 Å². The van der Waals surface area contributed by atoms with E-state index in [4.69, 9.17) is 23.2 Å². The Labute approximate surface area is 206 Å². The predicted octanol–water partition coefficient (Wildman–Crippen LogP) is 4.96. The van der Waals surface area contributed by atoms with Gasteiger partial charge in [0.15, 0.2) is 0 Å². The zero-order chi connectivity index (χ0) is 24.6. The fraction of sp³-hybridized carbons (Fsp3) is 0.167. The number of anilines is 1. The maximum Gasteiger partial charge on any atom is 0.252 e. The van der Waals surface area contributed by atoms with Crippen LogP contribution in [0, 0.1) is 12.7 Å². The number of hydrogen-bond donors (Lipinski definition) is 0. The summed E-state index contributed by atoms with van der Waals surface area (Å²) in [6.45, 7) is 1.72. The SMILES string of the molecule is Cc1ccc(CN(C2CC(=O)N(c3ccc(F)cc3)C2=O)S(=O)(=O)c2cc(Cl)ccc2Cl)cc1. The molecule has 0 aromatic heterocycles. The van der Waals surface area contributed by atoms with Gasteiger partial charge in [0.25, 0.3) is 5.91 Å². The highest BCUT2D eigenvalue weighted by molar-refractivity contribution is 7.89. The Hall–Kier alpha value is -2.78. The Kier molecular flexibility index (Phi) is 6.78. The van der Waals surface area contributed by atoms with Crippen molar-refractivity contribution >= 4 is 50.7 Å². The number of benzene rings is 3. The number of nitrogens with zero attached hydrogens (tertiary/aromatic N) is 2. The summed E-state index contributed by atoms with van der Waals surface area (Å²) in [6.07, 6.45) is -0.376. The summed E-state index contributed by atoms with van der Waals surface area (Å²) < 4.78 is 41.8. The fourth-order valence-electron chi connectivity index (χ4n) is 3.74. The summed E-state index contributed by atoms with van der Waals surface area (Å²) in [5, 5.41) is 0.0884. The normalized spacial score (nSPS) is 16.5. The van der Waals surface area contributed by atoms with Crippen LogP contribution in [0.5, 0.6) is 0 Å². The quantitative estimate of drug-likeness (QED) is 0.430. The Bertz CT molecular complexity index is 1360. The Balaban J connectivity index is 1.78. The smallest absolute Gasteiger partial charge is 0.252 e. The van der Waals surface area contributed by atoms with Crippen LogP contribution < -0.4 is 4.90 Å². The van der Waals surface area contributed by atoms with Gasteiger partial charge >= 0.3 is 0 Å². The van der Waals surface area contributed by atoms with Crippen LogP contribution >= 0.6 is 23.2 Å². The van der Waals surface area contributed by atoms with Crippen LogP contribution in [-0.4, -0.2) is 30.6 Å². The molecule has 10 heteroatoms. The van der Waals surface area contributed by atoms with E-state index in [1.165, 1.54) is 30.3 Å². The van der Waals surface area contributed by atoms with E-state index in [0.717, 1.165) is 26.9 Å². The average molecular weight is 521 g/mol. The summed E-state index contributed by atoms with van der Waals surface area (Å²) in [5.41, 5.74) is 1.76. The third-order valence-electron chi connectivity index (χ3n) is 5.49. The number of sulfonamides is 1. The molecule has 1 atom stereocenters. The van der Waals surface area contributed by atoms with Crippen molar-refractivity contribution in [2.45, 2.75) is 30.8 Å². The Morgan fingerprint density at radius 3 is 2.29 bits per heavy atom. The number of imide groups is 1. The van der Waals surface area contributed by atoms with Crippen molar-refractivity contribution in [2.24, 2.45) is 0 Å². The standard InChI is InChI=1S/C24H19Cl2FN2O4S/c1-15-2-4-16(5-3-15)14-28(34(32,33)22-12-17(25)6-11-20(22)26)21-13-23(30)29(24(21)31)19-9-7-18(27)8-10-19/h2-12,21H,13-14H2,1H3. The van der Waals surface area contributed by atoms with Crippen LogP contribution in [0.2, 0.25) is 10.0 Å². The molecular formula is C24H19Cl2FN2O4S. The maximum absolute atomic E-state index is 13.8. The van der Waals surface area contributed by atoms with E-state index in [0.29, 0.717) is 5.56 Å². The van der Waals surface area contributed by atoms with Gasteiger partial charge in [0.2, 0.25) is 15.9 Å². The third-order valence-corrected chi connectivity index (χ3v) is 8.07. The van der Waals surface area contributed by atoms with Crippen LogP contribution in [0.1, 0.15) is 17.5 Å². The van der Waals surface area contributed by atoms with E-state index in [2.05, 4.69) is 0 Å². The van der Waals surface area contributed by atoms with Crippen molar-refractivity contribution in [1.82, 2.24) is 4.31 Å². The molecule has 3 aromatic carbocycles. The predicted molar refractivity (Wildman–Crippen MR) is 128 cm³/mol. The molecule has 2 amide bonds. The molecule has 1 unspecified atom stereocenters. The van der Waals surface area contributed by atoms with Crippen molar-refractivity contribution in [3.05, 3.63) is 93.7 Å². The van der Waals surface area contributed by atoms with Gasteiger partial charge in [0, 0.05) is 11.6 Å². The number of aryl methyl sites for hydroxylation is 1. The summed E-state index contributed by atoms with van der Waals surface area (Å²) >= 11 is 12.2. The summed E-state index contributed by atoms with van der Waals surface area (Å²) in [5.74, 6) is -1.85. The monoisotopic (exact) mass is 520 g/mol. The molecule has 0 spiro atoms. The highest BCUT2D eigenvalue weighted by Gasteiger charge is 2.47. The van der Waals surface area contributed by atoms with Crippen LogP contribution in [-0.2, 0) is 26.2 Å². The number of carbonyl (C=O) groups is 2. The van der Waals surface area contributed by atoms with Crippen molar-refractivity contribution in [2.75, 3.05) is 4.90 Å². The molecule has 3 aromatic rings. The highest BCUT2D eigenvalue weighted by atomic mass is 35.5. The molecule has 176 valence electrons. The molecular weight excluding hydrogens is 502 g/mol. The summed E-state index contributed by atoms with van der Waals surface area (Å²) in [7, 11) is -4.36. The highest BCUT2D eigenvalue weighted by Crippen LogP contribution is 2.34. The Morgan fingerprint density at radius 1 is 1.00 bits per heavy atom. The fourth-order valence-corrected chi connectivity index (χ4v) is 6.05. The number of rotatable bonds is 6. The van der Waals surface area contributed by atoms with Crippen molar-refractivity contribution in [3.8, 4) is 0 Å². The molecule has 1 heterocycles. The summed E-state index contributed by atoms with van der Waals surface area (Å²) in [4.78, 5) is 26.8. The van der Waals surface area contributed by atoms with Gasteiger partial charge in [-0.25, -0.2) is 17.7 Å². The number of hydrogen-bond acceptors (Lipinski definition) is 4. The number of carbonyl (C=O) groups excluding carboxylic acids is 2. The van der Waals surface area contributed by atoms with Crippen molar-refractivity contribution in [1.29, 1.82) is 0 Å². The molecule has 34 heavy (non-hydrogen) atoms. The minimum absolute atomic E-state index is 0.0644. The molecule has 0 N–H and O–H groups in total. The number of amides is 2. The molecule has 0 radical (unpaired) electrons. The van der Waals surface area contributed by atoms with Crippen LogP contribution in [0.25, 0.3) is 0 Å². The van der Waals surface area contributed by atoms with Gasteiger partial charge in [0.1, 0.15) is 16.8 Å². The van der Waals surface area contributed by atoms with Gasteiger partial charge in [-0.2, -0.15) is 4.31 Å². The lowest BCUT2D eigenvalue weighted by Crippen LogP contribution is -2.45. The molecule has 1 fully saturated rings. The first-order valence-electron chi connectivity index (χ1n) is 10.2. The van der Waals surface area contributed by atoms with E-state index in [1.807, 2.05) is 19.1 Å².